The summed E-state index contributed by atoms with van der Waals surface area (Å²) in [5.41, 5.74) is 4.49. The highest BCUT2D eigenvalue weighted by molar-refractivity contribution is 5.96. The van der Waals surface area contributed by atoms with Crippen molar-refractivity contribution < 1.29 is 9.53 Å². The number of aryl methyl sites for hydroxylation is 1. The van der Waals surface area contributed by atoms with Crippen LogP contribution in [-0.4, -0.2) is 17.6 Å². The van der Waals surface area contributed by atoms with Crippen molar-refractivity contribution in [3.8, 4) is 11.8 Å². The van der Waals surface area contributed by atoms with Gasteiger partial charge in [-0.1, -0.05) is 42.3 Å². The van der Waals surface area contributed by atoms with Crippen LogP contribution in [0.15, 0.2) is 77.6 Å². The molecule has 1 heterocycles. The number of hydrogen-bond donors (Lipinski definition) is 1. The smallest absolute Gasteiger partial charge is 0.339 e. The van der Waals surface area contributed by atoms with E-state index < -0.39 is 5.97 Å². The zero-order valence-electron chi connectivity index (χ0n) is 19.7. The van der Waals surface area contributed by atoms with Crippen molar-refractivity contribution in [1.82, 2.24) is 4.57 Å². The fraction of sp³-hybridized carbons (Fsp3) is 0.172. The van der Waals surface area contributed by atoms with E-state index in [9.17, 15) is 9.59 Å². The van der Waals surface area contributed by atoms with Crippen LogP contribution in [0, 0.1) is 18.8 Å². The van der Waals surface area contributed by atoms with Gasteiger partial charge in [0.25, 0.3) is 5.56 Å². The van der Waals surface area contributed by atoms with Gasteiger partial charge in [-0.3, -0.25) is 4.79 Å². The minimum Gasteiger partial charge on any atom is -0.465 e. The van der Waals surface area contributed by atoms with Crippen LogP contribution < -0.4 is 10.9 Å². The van der Waals surface area contributed by atoms with Gasteiger partial charge in [-0.2, -0.15) is 0 Å². The van der Waals surface area contributed by atoms with Gasteiger partial charge in [-0.05, 0) is 72.7 Å². The lowest BCUT2D eigenvalue weighted by atomic mass is 9.96. The Hall–Kier alpha value is -4.30. The molecule has 0 radical (unpaired) electrons. The van der Waals surface area contributed by atoms with Crippen LogP contribution in [0.25, 0.3) is 10.8 Å². The van der Waals surface area contributed by atoms with Crippen molar-refractivity contribution in [3.63, 3.8) is 0 Å². The molecular formula is C29H26N2O3. The van der Waals surface area contributed by atoms with Crippen molar-refractivity contribution >= 4 is 22.4 Å². The summed E-state index contributed by atoms with van der Waals surface area (Å²) in [6.07, 6.45) is 0. The van der Waals surface area contributed by atoms with E-state index in [-0.39, 0.29) is 11.6 Å². The first-order valence-electron chi connectivity index (χ1n) is 11.0. The number of nitrogens with zero attached hydrogens (tertiary/aromatic N) is 1. The van der Waals surface area contributed by atoms with Crippen LogP contribution in [0.1, 0.15) is 45.7 Å². The molecule has 0 aliphatic carbocycles. The standard InChI is InChI=1S/C29H26N2O3/c1-19-16-24(20(2)30-27-13-9-8-12-23(27)29(33)34-4)25-18-22(31(3)28(32)26(25)17-19)15-14-21-10-6-5-7-11-21/h5-13,16-18,20,30H,1-4H3. The summed E-state index contributed by atoms with van der Waals surface area (Å²) in [6.45, 7) is 3.98. The molecule has 0 saturated heterocycles. The minimum absolute atomic E-state index is 0.0954. The van der Waals surface area contributed by atoms with E-state index in [1.165, 1.54) is 7.11 Å². The zero-order valence-corrected chi connectivity index (χ0v) is 19.7. The number of esters is 1. The molecule has 5 nitrogen and oxygen atoms in total. The predicted octanol–water partition coefficient (Wildman–Crippen LogP) is 5.21. The van der Waals surface area contributed by atoms with Crippen molar-refractivity contribution in [2.75, 3.05) is 12.4 Å². The molecule has 4 aromatic rings. The SMILES string of the molecule is COC(=O)c1ccccc1NC(C)c1cc(C)cc2c(=O)n(C)c(C#Cc3ccccc3)cc12. The van der Waals surface area contributed by atoms with E-state index in [1.807, 2.05) is 68.4 Å². The second-order valence-corrected chi connectivity index (χ2v) is 8.23. The van der Waals surface area contributed by atoms with Crippen molar-refractivity contribution in [3.05, 3.63) is 111 Å². The summed E-state index contributed by atoms with van der Waals surface area (Å²) in [5, 5.41) is 4.90. The number of carbonyl (C=O) groups excluding carboxylic acids is 1. The Morgan fingerprint density at radius 1 is 0.971 bits per heavy atom. The molecule has 34 heavy (non-hydrogen) atoms. The first-order chi connectivity index (χ1) is 16.4. The highest BCUT2D eigenvalue weighted by atomic mass is 16.5. The number of nitrogens with one attached hydrogen (secondary N) is 1. The van der Waals surface area contributed by atoms with Crippen LogP contribution in [0.5, 0.6) is 0 Å². The Bertz CT molecular complexity index is 1490. The third-order valence-electron chi connectivity index (χ3n) is 5.81. The number of para-hydroxylation sites is 1. The van der Waals surface area contributed by atoms with Gasteiger partial charge < -0.3 is 14.6 Å². The molecule has 4 rings (SSSR count). The minimum atomic E-state index is -0.406. The number of anilines is 1. The Morgan fingerprint density at radius 3 is 2.41 bits per heavy atom. The fourth-order valence-electron chi connectivity index (χ4n) is 4.03. The number of ether oxygens (including phenoxy) is 1. The molecule has 1 unspecified atom stereocenters. The van der Waals surface area contributed by atoms with Gasteiger partial charge in [0.2, 0.25) is 0 Å². The van der Waals surface area contributed by atoms with Gasteiger partial charge in [0, 0.05) is 29.7 Å². The Labute approximate surface area is 199 Å². The van der Waals surface area contributed by atoms with Crippen molar-refractivity contribution in [2.45, 2.75) is 19.9 Å². The van der Waals surface area contributed by atoms with Crippen LogP contribution in [-0.2, 0) is 11.8 Å². The number of rotatable bonds is 4. The molecule has 0 spiro atoms. The Balaban J connectivity index is 1.82. The first-order valence-corrected chi connectivity index (χ1v) is 11.0. The third kappa shape index (κ3) is 4.57. The Kier molecular flexibility index (Phi) is 6.51. The lowest BCUT2D eigenvalue weighted by molar-refractivity contribution is 0.0602. The maximum absolute atomic E-state index is 13.2. The molecule has 0 saturated carbocycles. The van der Waals surface area contributed by atoms with Gasteiger partial charge in [0.15, 0.2) is 0 Å². The highest BCUT2D eigenvalue weighted by Gasteiger charge is 2.17. The van der Waals surface area contributed by atoms with Crippen LogP contribution in [0.3, 0.4) is 0 Å². The summed E-state index contributed by atoms with van der Waals surface area (Å²) >= 11 is 0. The molecule has 5 heteroatoms. The largest absolute Gasteiger partial charge is 0.465 e. The molecule has 0 aliphatic heterocycles. The molecule has 1 N–H and O–H groups in total. The Morgan fingerprint density at radius 2 is 1.68 bits per heavy atom. The quantitative estimate of drug-likeness (QED) is 0.343. The summed E-state index contributed by atoms with van der Waals surface area (Å²) in [4.78, 5) is 25.5. The number of benzene rings is 3. The molecule has 3 aromatic carbocycles. The number of hydrogen-bond acceptors (Lipinski definition) is 4. The van der Waals surface area contributed by atoms with Crippen LogP contribution >= 0.6 is 0 Å². The summed E-state index contributed by atoms with van der Waals surface area (Å²) in [7, 11) is 3.11. The molecule has 170 valence electrons. The van der Waals surface area contributed by atoms with Gasteiger partial charge in [0.1, 0.15) is 0 Å². The predicted molar refractivity (Wildman–Crippen MR) is 136 cm³/mol. The van der Waals surface area contributed by atoms with E-state index in [1.54, 1.807) is 23.7 Å². The molecule has 1 aromatic heterocycles. The average molecular weight is 451 g/mol. The monoisotopic (exact) mass is 450 g/mol. The number of fused-ring (bicyclic) bond motifs is 1. The molecule has 0 aliphatic rings. The molecule has 1 atom stereocenters. The van der Waals surface area contributed by atoms with Gasteiger partial charge in [-0.25, -0.2) is 4.79 Å². The zero-order chi connectivity index (χ0) is 24.2. The van der Waals surface area contributed by atoms with E-state index in [4.69, 9.17) is 4.74 Å². The molecule has 0 amide bonds. The second kappa shape index (κ2) is 9.68. The average Bonchev–Trinajstić information content (AvgIpc) is 2.85. The van der Waals surface area contributed by atoms with E-state index in [0.717, 1.165) is 22.1 Å². The molecular weight excluding hydrogens is 424 g/mol. The number of methoxy groups -OCH3 is 1. The van der Waals surface area contributed by atoms with Crippen molar-refractivity contribution in [1.29, 1.82) is 0 Å². The molecule has 0 bridgehead atoms. The van der Waals surface area contributed by atoms with Crippen LogP contribution in [0.4, 0.5) is 5.69 Å². The topological polar surface area (TPSA) is 60.3 Å². The maximum atomic E-state index is 13.2. The highest BCUT2D eigenvalue weighted by Crippen LogP contribution is 2.29. The second-order valence-electron chi connectivity index (χ2n) is 8.23. The van der Waals surface area contributed by atoms with E-state index >= 15 is 0 Å². The number of aromatic nitrogens is 1. The summed E-state index contributed by atoms with van der Waals surface area (Å²) in [5.74, 6) is 5.89. The number of carbonyl (C=O) groups is 1. The first kappa shape index (κ1) is 22.9. The van der Waals surface area contributed by atoms with Gasteiger partial charge in [0.05, 0.1) is 18.4 Å². The van der Waals surface area contributed by atoms with Gasteiger partial charge in [-0.15, -0.1) is 0 Å². The lowest BCUT2D eigenvalue weighted by Crippen LogP contribution is -2.20. The molecule has 0 fully saturated rings. The van der Waals surface area contributed by atoms with Crippen LogP contribution in [0.2, 0.25) is 0 Å². The fourth-order valence-corrected chi connectivity index (χ4v) is 4.03. The summed E-state index contributed by atoms with van der Waals surface area (Å²) < 4.78 is 6.51. The number of pyridine rings is 1. The van der Waals surface area contributed by atoms with E-state index in [2.05, 4.69) is 23.2 Å². The maximum Gasteiger partial charge on any atom is 0.339 e. The lowest BCUT2D eigenvalue weighted by Gasteiger charge is -2.20. The van der Waals surface area contributed by atoms with Crippen molar-refractivity contribution in [2.24, 2.45) is 7.05 Å². The normalized spacial score (nSPS) is 11.4. The third-order valence-corrected chi connectivity index (χ3v) is 5.81. The van der Waals surface area contributed by atoms with E-state index in [0.29, 0.717) is 22.3 Å². The van der Waals surface area contributed by atoms with Gasteiger partial charge >= 0.3 is 5.97 Å². The summed E-state index contributed by atoms with van der Waals surface area (Å²) in [6, 6.07) is 22.7.